The smallest absolute Gasteiger partial charge is 0.0724 e. The van der Waals surface area contributed by atoms with E-state index in [4.69, 9.17) is 4.74 Å². The standard InChI is InChI=1S/C10H19NO/c1-12-10-7-11-5-4-9(10)6-8-2-3-8/h8-11H,2-7H2,1H3. The van der Waals surface area contributed by atoms with Gasteiger partial charge in [-0.15, -0.1) is 0 Å². The van der Waals surface area contributed by atoms with Crippen LogP contribution < -0.4 is 5.32 Å². The molecule has 1 aliphatic carbocycles. The van der Waals surface area contributed by atoms with Gasteiger partial charge in [0.05, 0.1) is 6.10 Å². The molecule has 2 nitrogen and oxygen atoms in total. The zero-order valence-corrected chi connectivity index (χ0v) is 7.88. The van der Waals surface area contributed by atoms with E-state index in [1.165, 1.54) is 32.2 Å². The lowest BCUT2D eigenvalue weighted by molar-refractivity contribution is 0.0284. The Balaban J connectivity index is 1.81. The van der Waals surface area contributed by atoms with Gasteiger partial charge in [-0.25, -0.2) is 0 Å². The van der Waals surface area contributed by atoms with Crippen molar-refractivity contribution >= 4 is 0 Å². The van der Waals surface area contributed by atoms with Crippen molar-refractivity contribution in [3.63, 3.8) is 0 Å². The third kappa shape index (κ3) is 1.99. The quantitative estimate of drug-likeness (QED) is 0.689. The largest absolute Gasteiger partial charge is 0.380 e. The summed E-state index contributed by atoms with van der Waals surface area (Å²) < 4.78 is 5.47. The average Bonchev–Trinajstić information content (AvgIpc) is 2.89. The van der Waals surface area contributed by atoms with E-state index in [1.807, 2.05) is 7.11 Å². The molecule has 2 heteroatoms. The van der Waals surface area contributed by atoms with Crippen LogP contribution in [0.3, 0.4) is 0 Å². The average molecular weight is 169 g/mol. The first-order valence-corrected chi connectivity index (χ1v) is 5.13. The van der Waals surface area contributed by atoms with Crippen molar-refractivity contribution in [1.82, 2.24) is 5.32 Å². The minimum absolute atomic E-state index is 0.486. The molecular formula is C10H19NO. The molecule has 1 aliphatic heterocycles. The van der Waals surface area contributed by atoms with Gasteiger partial charge in [-0.2, -0.15) is 0 Å². The molecule has 0 bridgehead atoms. The molecule has 0 radical (unpaired) electrons. The van der Waals surface area contributed by atoms with Gasteiger partial charge in [0.15, 0.2) is 0 Å². The number of piperidine rings is 1. The molecule has 1 heterocycles. The number of nitrogens with one attached hydrogen (secondary N) is 1. The molecule has 12 heavy (non-hydrogen) atoms. The molecule has 2 unspecified atom stereocenters. The molecule has 1 saturated heterocycles. The first-order valence-electron chi connectivity index (χ1n) is 5.13. The molecule has 0 aromatic rings. The summed E-state index contributed by atoms with van der Waals surface area (Å²) in [7, 11) is 1.84. The number of hydrogen-bond acceptors (Lipinski definition) is 2. The summed E-state index contributed by atoms with van der Waals surface area (Å²) in [6.45, 7) is 2.26. The Morgan fingerprint density at radius 2 is 2.17 bits per heavy atom. The van der Waals surface area contributed by atoms with E-state index < -0.39 is 0 Å². The fraction of sp³-hybridized carbons (Fsp3) is 1.00. The lowest BCUT2D eigenvalue weighted by Crippen LogP contribution is -2.41. The Bertz CT molecular complexity index is 145. The molecule has 0 spiro atoms. The van der Waals surface area contributed by atoms with Crippen molar-refractivity contribution in [3.8, 4) is 0 Å². The third-order valence-electron chi connectivity index (χ3n) is 3.20. The van der Waals surface area contributed by atoms with Crippen LogP contribution in [0.5, 0.6) is 0 Å². The van der Waals surface area contributed by atoms with Crippen molar-refractivity contribution < 1.29 is 4.74 Å². The van der Waals surface area contributed by atoms with Gasteiger partial charge in [-0.3, -0.25) is 0 Å². The Morgan fingerprint density at radius 3 is 2.83 bits per heavy atom. The second-order valence-electron chi connectivity index (χ2n) is 4.21. The molecule has 2 atom stereocenters. The second-order valence-corrected chi connectivity index (χ2v) is 4.21. The van der Waals surface area contributed by atoms with E-state index in [0.29, 0.717) is 6.10 Å². The van der Waals surface area contributed by atoms with Gasteiger partial charge in [0.25, 0.3) is 0 Å². The highest BCUT2D eigenvalue weighted by molar-refractivity contribution is 4.84. The molecule has 1 N–H and O–H groups in total. The van der Waals surface area contributed by atoms with Crippen LogP contribution in [0.25, 0.3) is 0 Å². The highest BCUT2D eigenvalue weighted by Crippen LogP contribution is 2.38. The fourth-order valence-electron chi connectivity index (χ4n) is 2.21. The SMILES string of the molecule is COC1CNCCC1CC1CC1. The van der Waals surface area contributed by atoms with E-state index in [1.54, 1.807) is 0 Å². The van der Waals surface area contributed by atoms with Crippen molar-refractivity contribution in [2.45, 2.75) is 31.8 Å². The van der Waals surface area contributed by atoms with Crippen molar-refractivity contribution in [1.29, 1.82) is 0 Å². The van der Waals surface area contributed by atoms with E-state index in [9.17, 15) is 0 Å². The first kappa shape index (κ1) is 8.52. The molecule has 0 aromatic carbocycles. The maximum absolute atomic E-state index is 5.47. The maximum Gasteiger partial charge on any atom is 0.0724 e. The van der Waals surface area contributed by atoms with E-state index in [2.05, 4.69) is 5.32 Å². The molecule has 70 valence electrons. The van der Waals surface area contributed by atoms with Gasteiger partial charge in [-0.1, -0.05) is 12.8 Å². The Kier molecular flexibility index (Phi) is 2.66. The minimum atomic E-state index is 0.486. The number of methoxy groups -OCH3 is 1. The van der Waals surface area contributed by atoms with Gasteiger partial charge in [0.2, 0.25) is 0 Å². The molecular weight excluding hydrogens is 150 g/mol. The van der Waals surface area contributed by atoms with Gasteiger partial charge in [0, 0.05) is 13.7 Å². The van der Waals surface area contributed by atoms with Crippen molar-refractivity contribution in [2.75, 3.05) is 20.2 Å². The maximum atomic E-state index is 5.47. The summed E-state index contributed by atoms with van der Waals surface area (Å²) in [5, 5.41) is 3.38. The summed E-state index contributed by atoms with van der Waals surface area (Å²) in [6.07, 6.45) is 6.16. The van der Waals surface area contributed by atoms with Gasteiger partial charge < -0.3 is 10.1 Å². The molecule has 2 fully saturated rings. The molecule has 0 amide bonds. The van der Waals surface area contributed by atoms with Crippen LogP contribution in [0.1, 0.15) is 25.7 Å². The topological polar surface area (TPSA) is 21.3 Å². The van der Waals surface area contributed by atoms with Gasteiger partial charge in [0.1, 0.15) is 0 Å². The van der Waals surface area contributed by atoms with Crippen LogP contribution in [-0.4, -0.2) is 26.3 Å². The number of hydrogen-bond donors (Lipinski definition) is 1. The lowest BCUT2D eigenvalue weighted by Gasteiger charge is -2.31. The second kappa shape index (κ2) is 3.75. The summed E-state index contributed by atoms with van der Waals surface area (Å²) in [4.78, 5) is 0. The monoisotopic (exact) mass is 169 g/mol. The van der Waals surface area contributed by atoms with Crippen molar-refractivity contribution in [2.24, 2.45) is 11.8 Å². The third-order valence-corrected chi connectivity index (χ3v) is 3.20. The lowest BCUT2D eigenvalue weighted by atomic mass is 9.90. The van der Waals surface area contributed by atoms with Crippen LogP contribution in [0, 0.1) is 11.8 Å². The van der Waals surface area contributed by atoms with Gasteiger partial charge >= 0.3 is 0 Å². The van der Waals surface area contributed by atoms with Crippen LogP contribution in [-0.2, 0) is 4.74 Å². The summed E-state index contributed by atoms with van der Waals surface area (Å²) in [6, 6.07) is 0. The molecule has 1 saturated carbocycles. The minimum Gasteiger partial charge on any atom is -0.380 e. The molecule has 0 aromatic heterocycles. The zero-order valence-electron chi connectivity index (χ0n) is 7.88. The highest BCUT2D eigenvalue weighted by atomic mass is 16.5. The number of ether oxygens (including phenoxy) is 1. The van der Waals surface area contributed by atoms with E-state index in [-0.39, 0.29) is 0 Å². The predicted octanol–water partition coefficient (Wildman–Crippen LogP) is 1.41. The first-order chi connectivity index (χ1) is 5.90. The van der Waals surface area contributed by atoms with E-state index in [0.717, 1.165) is 18.4 Å². The Morgan fingerprint density at radius 1 is 1.33 bits per heavy atom. The normalized spacial score (nSPS) is 36.8. The Hall–Kier alpha value is -0.0800. The van der Waals surface area contributed by atoms with Crippen LogP contribution >= 0.6 is 0 Å². The Labute approximate surface area is 74.7 Å². The van der Waals surface area contributed by atoms with Crippen LogP contribution in [0.4, 0.5) is 0 Å². The van der Waals surface area contributed by atoms with Crippen LogP contribution in [0.15, 0.2) is 0 Å². The van der Waals surface area contributed by atoms with Crippen molar-refractivity contribution in [3.05, 3.63) is 0 Å². The fourth-order valence-corrected chi connectivity index (χ4v) is 2.21. The molecule has 2 rings (SSSR count). The predicted molar refractivity (Wildman–Crippen MR) is 49.1 cm³/mol. The summed E-state index contributed by atoms with van der Waals surface area (Å²) in [5.41, 5.74) is 0. The van der Waals surface area contributed by atoms with Gasteiger partial charge in [-0.05, 0) is 31.2 Å². The number of rotatable bonds is 3. The zero-order chi connectivity index (χ0) is 8.39. The summed E-state index contributed by atoms with van der Waals surface area (Å²) in [5.74, 6) is 1.88. The van der Waals surface area contributed by atoms with E-state index >= 15 is 0 Å². The summed E-state index contributed by atoms with van der Waals surface area (Å²) >= 11 is 0. The molecule has 2 aliphatic rings. The van der Waals surface area contributed by atoms with Crippen LogP contribution in [0.2, 0.25) is 0 Å². The highest BCUT2D eigenvalue weighted by Gasteiger charge is 2.31.